The fourth-order valence-corrected chi connectivity index (χ4v) is 4.70. The Bertz CT molecular complexity index is 1010. The monoisotopic (exact) mass is 417 g/mol. The van der Waals surface area contributed by atoms with Crippen molar-refractivity contribution < 1.29 is 14.3 Å². The van der Waals surface area contributed by atoms with E-state index in [9.17, 15) is 9.59 Å². The number of rotatable bonds is 4. The van der Waals surface area contributed by atoms with E-state index >= 15 is 0 Å². The second-order valence-corrected chi connectivity index (χ2v) is 9.60. The maximum atomic E-state index is 13.3. The number of hydrogen-bond donors (Lipinski definition) is 1. The first-order valence-corrected chi connectivity index (χ1v) is 11.2. The van der Waals surface area contributed by atoms with Crippen LogP contribution in [0.15, 0.2) is 59.8 Å². The van der Waals surface area contributed by atoms with Crippen LogP contribution in [0.1, 0.15) is 75.5 Å². The Balaban J connectivity index is 1.62. The van der Waals surface area contributed by atoms with Gasteiger partial charge in [-0.2, -0.15) is 0 Å². The van der Waals surface area contributed by atoms with E-state index in [1.54, 1.807) is 0 Å². The van der Waals surface area contributed by atoms with E-state index in [0.29, 0.717) is 25.9 Å². The number of carbonyl (C=O) groups excluding carboxylic acids is 2. The summed E-state index contributed by atoms with van der Waals surface area (Å²) in [6.07, 6.45) is 1.48. The van der Waals surface area contributed by atoms with Gasteiger partial charge in [-0.3, -0.25) is 9.59 Å². The van der Waals surface area contributed by atoms with Gasteiger partial charge in [0.15, 0.2) is 5.78 Å². The van der Waals surface area contributed by atoms with Crippen molar-refractivity contribution >= 4 is 11.7 Å². The zero-order valence-electron chi connectivity index (χ0n) is 18.8. The number of nitrogens with one attached hydrogen (secondary N) is 1. The first kappa shape index (κ1) is 21.4. The highest BCUT2D eigenvalue weighted by molar-refractivity contribution is 6.02. The van der Waals surface area contributed by atoms with Crippen LogP contribution in [-0.2, 0) is 15.0 Å². The van der Waals surface area contributed by atoms with E-state index in [2.05, 4.69) is 50.4 Å². The third-order valence-electron chi connectivity index (χ3n) is 6.38. The molecule has 2 aromatic carbocycles. The molecule has 2 atom stereocenters. The SMILES string of the molecule is CCOc1ccc(C2CC(=O)C3=C(C2)NC(=O)CC3c2ccc(C(C)(C)C)cc2)cc1. The highest BCUT2D eigenvalue weighted by Gasteiger charge is 2.38. The molecule has 1 heterocycles. The molecule has 162 valence electrons. The molecule has 31 heavy (non-hydrogen) atoms. The van der Waals surface area contributed by atoms with Crippen LogP contribution in [0.4, 0.5) is 0 Å². The molecule has 4 nitrogen and oxygen atoms in total. The van der Waals surface area contributed by atoms with Crippen LogP contribution >= 0.6 is 0 Å². The van der Waals surface area contributed by atoms with Gasteiger partial charge in [0.2, 0.25) is 5.91 Å². The molecule has 2 aliphatic rings. The summed E-state index contributed by atoms with van der Waals surface area (Å²) in [4.78, 5) is 25.8. The fourth-order valence-electron chi connectivity index (χ4n) is 4.70. The average Bonchev–Trinajstić information content (AvgIpc) is 2.73. The van der Waals surface area contributed by atoms with Crippen molar-refractivity contribution in [1.29, 1.82) is 0 Å². The van der Waals surface area contributed by atoms with Crippen molar-refractivity contribution in [2.24, 2.45) is 0 Å². The van der Waals surface area contributed by atoms with Gasteiger partial charge in [-0.05, 0) is 53.5 Å². The highest BCUT2D eigenvalue weighted by atomic mass is 16.5. The highest BCUT2D eigenvalue weighted by Crippen LogP contribution is 2.43. The molecule has 0 radical (unpaired) electrons. The van der Waals surface area contributed by atoms with Crippen molar-refractivity contribution in [1.82, 2.24) is 5.32 Å². The van der Waals surface area contributed by atoms with E-state index in [1.807, 2.05) is 31.2 Å². The lowest BCUT2D eigenvalue weighted by Gasteiger charge is -2.34. The van der Waals surface area contributed by atoms with Crippen LogP contribution in [-0.4, -0.2) is 18.3 Å². The zero-order valence-corrected chi connectivity index (χ0v) is 18.8. The van der Waals surface area contributed by atoms with E-state index in [4.69, 9.17) is 4.74 Å². The lowest BCUT2D eigenvalue weighted by molar-refractivity contribution is -0.122. The molecule has 1 amide bonds. The van der Waals surface area contributed by atoms with Crippen molar-refractivity contribution in [3.63, 3.8) is 0 Å². The molecular weight excluding hydrogens is 386 g/mol. The van der Waals surface area contributed by atoms with Gasteiger partial charge in [-0.25, -0.2) is 0 Å². The molecule has 1 aliphatic carbocycles. The molecule has 1 aliphatic heterocycles. The molecule has 0 saturated heterocycles. The largest absolute Gasteiger partial charge is 0.494 e. The molecule has 4 heteroatoms. The first-order chi connectivity index (χ1) is 14.8. The number of ether oxygens (including phenoxy) is 1. The number of hydrogen-bond acceptors (Lipinski definition) is 3. The Morgan fingerprint density at radius 2 is 1.55 bits per heavy atom. The molecule has 0 spiro atoms. The minimum absolute atomic E-state index is 0.0104. The van der Waals surface area contributed by atoms with E-state index < -0.39 is 0 Å². The molecule has 2 aromatic rings. The van der Waals surface area contributed by atoms with Crippen LogP contribution in [0.5, 0.6) is 5.75 Å². The number of benzene rings is 2. The number of Topliss-reactive ketones (excluding diaryl/α,β-unsaturated/α-hetero) is 1. The maximum Gasteiger partial charge on any atom is 0.225 e. The molecule has 1 N–H and O–H groups in total. The van der Waals surface area contributed by atoms with Gasteiger partial charge in [0.1, 0.15) is 5.75 Å². The van der Waals surface area contributed by atoms with Crippen LogP contribution in [0.2, 0.25) is 0 Å². The quantitative estimate of drug-likeness (QED) is 0.726. The first-order valence-electron chi connectivity index (χ1n) is 11.2. The van der Waals surface area contributed by atoms with Gasteiger partial charge in [-0.15, -0.1) is 0 Å². The lowest BCUT2D eigenvalue weighted by Crippen LogP contribution is -2.38. The van der Waals surface area contributed by atoms with Crippen molar-refractivity contribution in [2.75, 3.05) is 6.61 Å². The maximum absolute atomic E-state index is 13.3. The molecular formula is C27H31NO3. The third kappa shape index (κ3) is 4.43. The predicted molar refractivity (Wildman–Crippen MR) is 122 cm³/mol. The second-order valence-electron chi connectivity index (χ2n) is 9.60. The van der Waals surface area contributed by atoms with Gasteiger partial charge in [0.05, 0.1) is 6.61 Å². The third-order valence-corrected chi connectivity index (χ3v) is 6.38. The summed E-state index contributed by atoms with van der Waals surface area (Å²) in [6, 6.07) is 16.4. The summed E-state index contributed by atoms with van der Waals surface area (Å²) in [6.45, 7) is 9.13. The Kier molecular flexibility index (Phi) is 5.74. The summed E-state index contributed by atoms with van der Waals surface area (Å²) in [7, 11) is 0. The van der Waals surface area contributed by atoms with Gasteiger partial charge in [0, 0.05) is 30.0 Å². The minimum Gasteiger partial charge on any atom is -0.494 e. The minimum atomic E-state index is -0.161. The van der Waals surface area contributed by atoms with Gasteiger partial charge < -0.3 is 10.1 Å². The number of carbonyl (C=O) groups is 2. The molecule has 0 saturated carbocycles. The zero-order chi connectivity index (χ0) is 22.2. The predicted octanol–water partition coefficient (Wildman–Crippen LogP) is 5.39. The van der Waals surface area contributed by atoms with E-state index in [0.717, 1.165) is 28.1 Å². The van der Waals surface area contributed by atoms with Crippen molar-refractivity contribution in [3.05, 3.63) is 76.5 Å². The van der Waals surface area contributed by atoms with Crippen LogP contribution in [0, 0.1) is 0 Å². The summed E-state index contributed by atoms with van der Waals surface area (Å²) in [5.41, 5.74) is 5.06. The Hall–Kier alpha value is -2.88. The molecule has 0 bridgehead atoms. The van der Waals surface area contributed by atoms with Crippen molar-refractivity contribution in [3.8, 4) is 5.75 Å². The molecule has 0 aromatic heterocycles. The molecule has 4 rings (SSSR count). The van der Waals surface area contributed by atoms with Gasteiger partial charge in [0.25, 0.3) is 0 Å². The standard InChI is InChI=1S/C27H31NO3/c1-5-31-21-12-8-17(9-13-21)19-14-23-26(24(29)15-19)22(16-25(30)28-23)18-6-10-20(11-7-18)27(2,3)4/h6-13,19,22H,5,14-16H2,1-4H3,(H,28,30). The molecule has 0 fully saturated rings. The van der Waals surface area contributed by atoms with Gasteiger partial charge >= 0.3 is 0 Å². The van der Waals surface area contributed by atoms with Crippen LogP contribution < -0.4 is 10.1 Å². The smallest absolute Gasteiger partial charge is 0.225 e. The topological polar surface area (TPSA) is 55.4 Å². The van der Waals surface area contributed by atoms with E-state index in [1.165, 1.54) is 5.56 Å². The number of ketones is 1. The summed E-state index contributed by atoms with van der Waals surface area (Å²) in [5.74, 6) is 0.877. The van der Waals surface area contributed by atoms with Crippen LogP contribution in [0.3, 0.4) is 0 Å². The Morgan fingerprint density at radius 3 is 2.16 bits per heavy atom. The Morgan fingerprint density at radius 1 is 0.903 bits per heavy atom. The average molecular weight is 418 g/mol. The van der Waals surface area contributed by atoms with Crippen LogP contribution in [0.25, 0.3) is 0 Å². The number of amides is 1. The van der Waals surface area contributed by atoms with E-state index in [-0.39, 0.29) is 28.9 Å². The fraction of sp³-hybridized carbons (Fsp3) is 0.407. The number of allylic oxidation sites excluding steroid dienone is 2. The summed E-state index contributed by atoms with van der Waals surface area (Å²) in [5, 5.41) is 3.01. The van der Waals surface area contributed by atoms with Crippen molar-refractivity contribution in [2.45, 2.75) is 64.2 Å². The normalized spacial score (nSPS) is 21.5. The molecule has 2 unspecified atom stereocenters. The van der Waals surface area contributed by atoms with Gasteiger partial charge in [-0.1, -0.05) is 57.2 Å². The second kappa shape index (κ2) is 8.33. The lowest BCUT2D eigenvalue weighted by atomic mass is 9.73. The summed E-state index contributed by atoms with van der Waals surface area (Å²) < 4.78 is 5.53. The Labute approximate surface area is 184 Å². The summed E-state index contributed by atoms with van der Waals surface area (Å²) >= 11 is 0.